The first-order chi connectivity index (χ1) is 19.6. The van der Waals surface area contributed by atoms with Crippen molar-refractivity contribution in [1.29, 1.82) is 0 Å². The highest BCUT2D eigenvalue weighted by atomic mass is 31.2. The van der Waals surface area contributed by atoms with E-state index >= 15 is 4.39 Å². The van der Waals surface area contributed by atoms with Crippen LogP contribution in [0.15, 0.2) is 59.7 Å². The molecule has 2 aliphatic rings. The molecule has 2 aromatic carbocycles. The van der Waals surface area contributed by atoms with Crippen LogP contribution in [0.4, 0.5) is 4.39 Å². The molecule has 6 atom stereocenters. The quantitative estimate of drug-likeness (QED) is 0.334. The van der Waals surface area contributed by atoms with E-state index in [-0.39, 0.29) is 24.7 Å². The number of alkyl halides is 1. The van der Waals surface area contributed by atoms with Gasteiger partial charge in [-0.25, -0.2) is 13.8 Å². The van der Waals surface area contributed by atoms with E-state index in [0.29, 0.717) is 18.2 Å². The van der Waals surface area contributed by atoms with E-state index < -0.39 is 56.2 Å². The molecule has 2 N–H and O–H groups in total. The Hall–Kier alpha value is -3.35. The number of hydrogen-bond donors (Lipinski definition) is 2. The van der Waals surface area contributed by atoms with Crippen molar-refractivity contribution in [2.75, 3.05) is 19.8 Å². The van der Waals surface area contributed by atoms with Gasteiger partial charge in [-0.1, -0.05) is 36.4 Å². The van der Waals surface area contributed by atoms with Gasteiger partial charge in [-0.05, 0) is 38.1 Å². The van der Waals surface area contributed by atoms with Crippen LogP contribution in [-0.2, 0) is 23.4 Å². The van der Waals surface area contributed by atoms with E-state index in [1.54, 1.807) is 24.3 Å². The Labute approximate surface area is 234 Å². The van der Waals surface area contributed by atoms with E-state index in [2.05, 4.69) is 10.1 Å². The molecular formula is C27H31FN3O9P. The number of ether oxygens (including phenoxy) is 3. The SMILES string of the molecule is C[C@H]1NP(=O)(Oc2cccc3ccccc23)OC[C@H]2O[C@@H](n3cc(cnc3=O)OCCCCOC1=O)[C@](C)(F)[C@@H]2O. The number of carbonyl (C=O) groups is 1. The van der Waals surface area contributed by atoms with Crippen LogP contribution in [0.5, 0.6) is 11.5 Å². The van der Waals surface area contributed by atoms with Crippen molar-refractivity contribution in [3.63, 3.8) is 0 Å². The number of benzene rings is 2. The Morgan fingerprint density at radius 2 is 1.88 bits per heavy atom. The van der Waals surface area contributed by atoms with Gasteiger partial charge in [0, 0.05) is 5.39 Å². The average molecular weight is 592 g/mol. The van der Waals surface area contributed by atoms with Crippen molar-refractivity contribution in [3.05, 3.63) is 65.3 Å². The molecule has 3 heterocycles. The number of fused-ring (bicyclic) bond motifs is 6. The van der Waals surface area contributed by atoms with Gasteiger partial charge in [0.15, 0.2) is 17.6 Å². The largest absolute Gasteiger partial charge is 0.490 e. The molecule has 0 saturated carbocycles. The Bertz CT molecular complexity index is 1510. The number of carbonyl (C=O) groups excluding carboxylic acids is 1. The van der Waals surface area contributed by atoms with E-state index in [9.17, 15) is 19.3 Å². The molecule has 41 heavy (non-hydrogen) atoms. The van der Waals surface area contributed by atoms with Gasteiger partial charge in [-0.15, -0.1) is 0 Å². The molecule has 5 rings (SSSR count). The minimum atomic E-state index is -4.38. The van der Waals surface area contributed by atoms with Crippen LogP contribution >= 0.6 is 7.75 Å². The molecule has 0 radical (unpaired) electrons. The fraction of sp³-hybridized carbons (Fsp3) is 0.444. The van der Waals surface area contributed by atoms with Crippen molar-refractivity contribution >= 4 is 24.5 Å². The topological polar surface area (TPSA) is 147 Å². The lowest BCUT2D eigenvalue weighted by atomic mass is 9.98. The summed E-state index contributed by atoms with van der Waals surface area (Å²) in [6.07, 6.45) is -1.37. The fourth-order valence-electron chi connectivity index (χ4n) is 4.65. The summed E-state index contributed by atoms with van der Waals surface area (Å²) in [7, 11) is -4.38. The second-order valence-electron chi connectivity index (χ2n) is 10.0. The summed E-state index contributed by atoms with van der Waals surface area (Å²) in [6.45, 7) is 2.18. The second kappa shape index (κ2) is 11.9. The average Bonchev–Trinajstić information content (AvgIpc) is 3.17. The Kier molecular flexibility index (Phi) is 8.44. The van der Waals surface area contributed by atoms with Crippen LogP contribution in [0.25, 0.3) is 10.8 Å². The maximum absolute atomic E-state index is 15.9. The first-order valence-corrected chi connectivity index (χ1v) is 14.7. The van der Waals surface area contributed by atoms with Crippen molar-refractivity contribution in [2.45, 2.75) is 56.8 Å². The number of aliphatic hydroxyl groups excluding tert-OH is 1. The molecule has 3 aromatic rings. The Morgan fingerprint density at radius 3 is 2.68 bits per heavy atom. The minimum absolute atomic E-state index is 0.0751. The summed E-state index contributed by atoms with van der Waals surface area (Å²) in [5, 5.41) is 14.8. The summed E-state index contributed by atoms with van der Waals surface area (Å²) in [6, 6.07) is 11.2. The molecule has 220 valence electrons. The van der Waals surface area contributed by atoms with Crippen molar-refractivity contribution in [1.82, 2.24) is 14.6 Å². The van der Waals surface area contributed by atoms with Crippen LogP contribution in [0, 0.1) is 0 Å². The minimum Gasteiger partial charge on any atom is -0.490 e. The molecule has 14 heteroatoms. The molecule has 0 amide bonds. The third-order valence-corrected chi connectivity index (χ3v) is 8.52. The lowest BCUT2D eigenvalue weighted by Gasteiger charge is -2.25. The van der Waals surface area contributed by atoms with Crippen LogP contribution in [-0.4, -0.2) is 64.4 Å². The lowest BCUT2D eigenvalue weighted by molar-refractivity contribution is -0.145. The number of nitrogens with one attached hydrogen (secondary N) is 1. The van der Waals surface area contributed by atoms with Crippen molar-refractivity contribution in [2.24, 2.45) is 0 Å². The molecular weight excluding hydrogens is 560 g/mol. The van der Waals surface area contributed by atoms with Gasteiger partial charge < -0.3 is 23.8 Å². The van der Waals surface area contributed by atoms with Crippen LogP contribution in [0.3, 0.4) is 0 Å². The van der Waals surface area contributed by atoms with Gasteiger partial charge >= 0.3 is 19.4 Å². The van der Waals surface area contributed by atoms with Crippen LogP contribution in [0.1, 0.15) is 32.9 Å². The molecule has 1 fully saturated rings. The van der Waals surface area contributed by atoms with Crippen molar-refractivity contribution in [3.8, 4) is 11.5 Å². The predicted octanol–water partition coefficient (Wildman–Crippen LogP) is 3.28. The summed E-state index contributed by atoms with van der Waals surface area (Å²) in [5.41, 5.74) is -3.28. The molecule has 1 saturated heterocycles. The smallest absolute Gasteiger partial charge is 0.459 e. The zero-order chi connectivity index (χ0) is 29.2. The first-order valence-electron chi connectivity index (χ1n) is 13.2. The maximum atomic E-state index is 15.9. The lowest BCUT2D eigenvalue weighted by Crippen LogP contribution is -2.43. The first kappa shape index (κ1) is 29.2. The monoisotopic (exact) mass is 591 g/mol. The highest BCUT2D eigenvalue weighted by molar-refractivity contribution is 7.52. The zero-order valence-corrected chi connectivity index (χ0v) is 23.4. The van der Waals surface area contributed by atoms with Gasteiger partial charge in [0.2, 0.25) is 0 Å². The second-order valence-corrected chi connectivity index (χ2v) is 11.7. The summed E-state index contributed by atoms with van der Waals surface area (Å²) in [4.78, 5) is 28.9. The number of aromatic nitrogens is 2. The summed E-state index contributed by atoms with van der Waals surface area (Å²) < 4.78 is 59.0. The molecule has 0 aliphatic carbocycles. The van der Waals surface area contributed by atoms with E-state index in [1.165, 1.54) is 19.3 Å². The number of cyclic esters (lactones) is 1. The number of esters is 1. The molecule has 2 aliphatic heterocycles. The van der Waals surface area contributed by atoms with Crippen LogP contribution in [0.2, 0.25) is 0 Å². The highest BCUT2D eigenvalue weighted by Crippen LogP contribution is 2.49. The number of hydrogen-bond acceptors (Lipinski definition) is 10. The van der Waals surface area contributed by atoms with Gasteiger partial charge in [-0.2, -0.15) is 10.1 Å². The molecule has 12 nitrogen and oxygen atoms in total. The summed E-state index contributed by atoms with van der Waals surface area (Å²) >= 11 is 0. The van der Waals surface area contributed by atoms with Gasteiger partial charge in [0.05, 0.1) is 32.2 Å². The van der Waals surface area contributed by atoms with Crippen molar-refractivity contribution < 1.29 is 42.1 Å². The Morgan fingerprint density at radius 1 is 1.15 bits per heavy atom. The maximum Gasteiger partial charge on any atom is 0.459 e. The highest BCUT2D eigenvalue weighted by Gasteiger charge is 2.56. The van der Waals surface area contributed by atoms with E-state index in [1.807, 2.05) is 18.2 Å². The third-order valence-electron chi connectivity index (χ3n) is 6.89. The number of aliphatic hydroxyl groups is 1. The molecule has 1 unspecified atom stereocenters. The third kappa shape index (κ3) is 6.29. The normalized spacial score (nSPS) is 31.5. The number of rotatable bonds is 2. The molecule has 4 bridgehead atoms. The Balaban J connectivity index is 1.47. The van der Waals surface area contributed by atoms with Gasteiger partial charge in [0.1, 0.15) is 24.0 Å². The van der Waals surface area contributed by atoms with E-state index in [4.69, 9.17) is 23.3 Å². The standard InChI is InChI=1S/C27H31FN3O9P/c1-17-24(33)37-13-6-5-12-36-19-14-29-26(34)31(15-19)25-27(2,28)23(32)22(39-25)16-38-41(35,30-17)40-21-11-7-9-18-8-3-4-10-20(18)21/h3-4,7-11,14-15,17,22-23,25,32H,5-6,12-13,16H2,1-2H3,(H,30,35)/t17-,22-,23-,25-,27-,41?/m1/s1. The summed E-state index contributed by atoms with van der Waals surface area (Å²) in [5.74, 6) is -0.304. The van der Waals surface area contributed by atoms with Gasteiger partial charge in [0.25, 0.3) is 0 Å². The zero-order valence-electron chi connectivity index (χ0n) is 22.5. The number of halogens is 1. The van der Waals surface area contributed by atoms with Gasteiger partial charge in [-0.3, -0.25) is 13.9 Å². The predicted molar refractivity (Wildman–Crippen MR) is 144 cm³/mol. The van der Waals surface area contributed by atoms with E-state index in [0.717, 1.165) is 16.9 Å². The number of nitrogens with zero attached hydrogens (tertiary/aromatic N) is 2. The molecule has 1 aromatic heterocycles. The fourth-order valence-corrected chi connectivity index (χ4v) is 6.17. The van der Waals surface area contributed by atoms with Crippen LogP contribution < -0.4 is 20.0 Å². The molecule has 0 spiro atoms.